The van der Waals surface area contributed by atoms with E-state index in [1.165, 1.54) is 6.20 Å². The van der Waals surface area contributed by atoms with E-state index in [1.54, 1.807) is 25.4 Å². The molecular formula is C12H14N4O2. The van der Waals surface area contributed by atoms with Crippen LogP contribution in [0.2, 0.25) is 0 Å². The van der Waals surface area contributed by atoms with Gasteiger partial charge in [0.15, 0.2) is 5.76 Å². The van der Waals surface area contributed by atoms with Crippen molar-refractivity contribution >= 4 is 11.6 Å². The van der Waals surface area contributed by atoms with E-state index >= 15 is 0 Å². The molecule has 2 aromatic rings. The van der Waals surface area contributed by atoms with Gasteiger partial charge in [-0.2, -0.15) is 0 Å². The number of carbonyl (C=O) groups excluding carboxylic acids is 1. The van der Waals surface area contributed by atoms with Crippen molar-refractivity contribution in [3.8, 4) is 0 Å². The number of nitrogens with zero attached hydrogens (tertiary/aromatic N) is 2. The molecule has 0 aliphatic heterocycles. The third kappa shape index (κ3) is 2.65. The number of hydrogen-bond donors (Lipinski definition) is 2. The smallest absolute Gasteiger partial charge is 0.255 e. The van der Waals surface area contributed by atoms with Gasteiger partial charge in [0.2, 0.25) is 0 Å². The minimum atomic E-state index is -0.207. The Morgan fingerprint density at radius 1 is 1.50 bits per heavy atom. The summed E-state index contributed by atoms with van der Waals surface area (Å²) < 4.78 is 5.01. The molecule has 0 atom stereocenters. The quantitative estimate of drug-likeness (QED) is 0.851. The number of aryl methyl sites for hydroxylation is 1. The fourth-order valence-corrected chi connectivity index (χ4v) is 1.56. The van der Waals surface area contributed by atoms with Crippen molar-refractivity contribution in [2.75, 3.05) is 12.4 Å². The number of amides is 1. The highest BCUT2D eigenvalue weighted by molar-refractivity contribution is 5.99. The largest absolute Gasteiger partial charge is 0.387 e. The van der Waals surface area contributed by atoms with Crippen LogP contribution >= 0.6 is 0 Å². The van der Waals surface area contributed by atoms with Crippen molar-refractivity contribution in [2.24, 2.45) is 0 Å². The van der Waals surface area contributed by atoms with E-state index in [0.29, 0.717) is 17.9 Å². The number of carbonyl (C=O) groups is 1. The molecule has 0 radical (unpaired) electrons. The molecule has 0 saturated heterocycles. The number of hydrogen-bond acceptors (Lipinski definition) is 5. The van der Waals surface area contributed by atoms with Crippen LogP contribution in [0, 0.1) is 6.92 Å². The fraction of sp³-hybridized carbons (Fsp3) is 0.250. The van der Waals surface area contributed by atoms with Crippen LogP contribution in [0.3, 0.4) is 0 Å². The van der Waals surface area contributed by atoms with Crippen LogP contribution in [-0.4, -0.2) is 23.1 Å². The second-order valence-corrected chi connectivity index (χ2v) is 3.79. The van der Waals surface area contributed by atoms with E-state index in [1.807, 2.05) is 6.92 Å². The number of aromatic nitrogens is 2. The van der Waals surface area contributed by atoms with Gasteiger partial charge in [0.1, 0.15) is 0 Å². The van der Waals surface area contributed by atoms with Gasteiger partial charge >= 0.3 is 0 Å². The maximum absolute atomic E-state index is 12.0. The summed E-state index contributed by atoms with van der Waals surface area (Å²) in [5.74, 6) is 0.414. The summed E-state index contributed by atoms with van der Waals surface area (Å²) in [6.07, 6.45) is 3.15. The lowest BCUT2D eigenvalue weighted by Gasteiger charge is -2.07. The molecule has 94 valence electrons. The van der Waals surface area contributed by atoms with Gasteiger partial charge in [-0.1, -0.05) is 5.16 Å². The van der Waals surface area contributed by atoms with Gasteiger partial charge in [0, 0.05) is 31.2 Å². The molecule has 0 aromatic carbocycles. The highest BCUT2D eigenvalue weighted by atomic mass is 16.5. The molecular weight excluding hydrogens is 232 g/mol. The lowest BCUT2D eigenvalue weighted by molar-refractivity contribution is 0.0947. The molecule has 1 amide bonds. The Labute approximate surface area is 104 Å². The molecule has 0 bridgehead atoms. The molecule has 0 aliphatic carbocycles. The average molecular weight is 246 g/mol. The first-order valence-corrected chi connectivity index (χ1v) is 5.53. The summed E-state index contributed by atoms with van der Waals surface area (Å²) in [5, 5.41) is 9.44. The van der Waals surface area contributed by atoms with Crippen LogP contribution < -0.4 is 10.6 Å². The zero-order valence-corrected chi connectivity index (χ0v) is 10.2. The van der Waals surface area contributed by atoms with E-state index in [2.05, 4.69) is 20.8 Å². The van der Waals surface area contributed by atoms with Gasteiger partial charge in [-0.05, 0) is 13.0 Å². The zero-order chi connectivity index (χ0) is 13.0. The summed E-state index contributed by atoms with van der Waals surface area (Å²) in [5.41, 5.74) is 2.02. The first kappa shape index (κ1) is 12.1. The lowest BCUT2D eigenvalue weighted by Crippen LogP contribution is -2.23. The number of rotatable bonds is 4. The Hall–Kier alpha value is -2.37. The summed E-state index contributed by atoms with van der Waals surface area (Å²) in [6.45, 7) is 2.13. The molecule has 2 N–H and O–H groups in total. The molecule has 2 heterocycles. The van der Waals surface area contributed by atoms with Crippen molar-refractivity contribution < 1.29 is 9.32 Å². The molecule has 18 heavy (non-hydrogen) atoms. The maximum atomic E-state index is 12.0. The highest BCUT2D eigenvalue weighted by Crippen LogP contribution is 2.12. The van der Waals surface area contributed by atoms with Crippen molar-refractivity contribution in [1.29, 1.82) is 0 Å². The SMILES string of the molecule is CNc1ccncc1C(=O)NCc1cc(C)no1. The molecule has 0 fully saturated rings. The van der Waals surface area contributed by atoms with Gasteiger partial charge in [0.05, 0.1) is 17.8 Å². The topological polar surface area (TPSA) is 80.0 Å². The normalized spacial score (nSPS) is 10.1. The average Bonchev–Trinajstić information content (AvgIpc) is 2.81. The highest BCUT2D eigenvalue weighted by Gasteiger charge is 2.11. The molecule has 6 heteroatoms. The maximum Gasteiger partial charge on any atom is 0.255 e. The van der Waals surface area contributed by atoms with Crippen LogP contribution in [0.15, 0.2) is 29.0 Å². The fourth-order valence-electron chi connectivity index (χ4n) is 1.56. The number of pyridine rings is 1. The monoisotopic (exact) mass is 246 g/mol. The van der Waals surface area contributed by atoms with Crippen molar-refractivity contribution in [3.63, 3.8) is 0 Å². The number of nitrogens with one attached hydrogen (secondary N) is 2. The summed E-state index contributed by atoms with van der Waals surface area (Å²) in [7, 11) is 1.76. The van der Waals surface area contributed by atoms with Gasteiger partial charge < -0.3 is 15.2 Å². The minimum absolute atomic E-state index is 0.207. The molecule has 0 unspecified atom stereocenters. The lowest BCUT2D eigenvalue weighted by atomic mass is 10.2. The zero-order valence-electron chi connectivity index (χ0n) is 10.2. The molecule has 0 spiro atoms. The second-order valence-electron chi connectivity index (χ2n) is 3.79. The second kappa shape index (κ2) is 5.31. The molecule has 2 aromatic heterocycles. The molecule has 2 rings (SSSR count). The predicted octanol–water partition coefficient (Wildman–Crippen LogP) is 1.35. The van der Waals surface area contributed by atoms with Gasteiger partial charge in [-0.15, -0.1) is 0 Å². The van der Waals surface area contributed by atoms with E-state index in [4.69, 9.17) is 4.52 Å². The Morgan fingerprint density at radius 3 is 3.00 bits per heavy atom. The standard InChI is InChI=1S/C12H14N4O2/c1-8-5-9(18-16-8)6-15-12(17)10-7-14-4-3-11(10)13-2/h3-5,7H,6H2,1-2H3,(H,13,14)(H,15,17). The Bertz CT molecular complexity index is 551. The van der Waals surface area contributed by atoms with Gasteiger partial charge in [-0.25, -0.2) is 0 Å². The predicted molar refractivity (Wildman–Crippen MR) is 66.2 cm³/mol. The van der Waals surface area contributed by atoms with E-state index in [-0.39, 0.29) is 5.91 Å². The Balaban J connectivity index is 2.03. The Morgan fingerprint density at radius 2 is 2.33 bits per heavy atom. The van der Waals surface area contributed by atoms with Gasteiger partial charge in [-0.3, -0.25) is 9.78 Å². The summed E-state index contributed by atoms with van der Waals surface area (Å²) >= 11 is 0. The third-order valence-electron chi connectivity index (χ3n) is 2.43. The third-order valence-corrected chi connectivity index (χ3v) is 2.43. The Kier molecular flexibility index (Phi) is 3.57. The van der Waals surface area contributed by atoms with E-state index < -0.39 is 0 Å². The van der Waals surface area contributed by atoms with Crippen molar-refractivity contribution in [1.82, 2.24) is 15.5 Å². The minimum Gasteiger partial charge on any atom is -0.387 e. The summed E-state index contributed by atoms with van der Waals surface area (Å²) in [4.78, 5) is 15.9. The molecule has 0 aliphatic rings. The van der Waals surface area contributed by atoms with Crippen molar-refractivity contribution in [2.45, 2.75) is 13.5 Å². The summed E-state index contributed by atoms with van der Waals surface area (Å²) in [6, 6.07) is 3.52. The van der Waals surface area contributed by atoms with Gasteiger partial charge in [0.25, 0.3) is 5.91 Å². The van der Waals surface area contributed by atoms with Crippen LogP contribution in [0.1, 0.15) is 21.8 Å². The first-order chi connectivity index (χ1) is 8.70. The van der Waals surface area contributed by atoms with Crippen LogP contribution in [0.4, 0.5) is 5.69 Å². The molecule has 6 nitrogen and oxygen atoms in total. The van der Waals surface area contributed by atoms with E-state index in [9.17, 15) is 4.79 Å². The van der Waals surface area contributed by atoms with Crippen LogP contribution in [-0.2, 0) is 6.54 Å². The van der Waals surface area contributed by atoms with Crippen molar-refractivity contribution in [3.05, 3.63) is 41.5 Å². The molecule has 0 saturated carbocycles. The van der Waals surface area contributed by atoms with Crippen LogP contribution in [0.5, 0.6) is 0 Å². The number of anilines is 1. The van der Waals surface area contributed by atoms with Crippen LogP contribution in [0.25, 0.3) is 0 Å². The first-order valence-electron chi connectivity index (χ1n) is 5.53. The van der Waals surface area contributed by atoms with E-state index in [0.717, 1.165) is 11.4 Å².